The minimum absolute atomic E-state index is 0.133. The Morgan fingerprint density at radius 1 is 1.20 bits per heavy atom. The Labute approximate surface area is 213 Å². The zero-order chi connectivity index (χ0) is 24.9. The summed E-state index contributed by atoms with van der Waals surface area (Å²) in [5, 5.41) is 0. The molecule has 3 aliphatic carbocycles. The summed E-state index contributed by atoms with van der Waals surface area (Å²) in [6, 6.07) is 0.260. The van der Waals surface area contributed by atoms with E-state index in [1.807, 2.05) is 0 Å². The van der Waals surface area contributed by atoms with Crippen LogP contribution in [0.3, 0.4) is 0 Å². The molecular formula is C33H43NO. The first-order valence-electron chi connectivity index (χ1n) is 13.8. The standard InChI is InChI=1S/C33H43NO/c1-8-12-24-16-18-28-27-17-15-21(5)19-30(27)35-33(28)31(24)32-22(6)26-13-10-11-14-29(26)34(32)23(7)25(9-2)20(3)4/h9,11,14-18,20,22,27-28,30,32-33H,5,7-8,10,12-13,19H2,1-4,6H3/b25-9-/t22-,27?,28?,30?,32?,33?/m0/s1. The summed E-state index contributed by atoms with van der Waals surface area (Å²) in [5.74, 6) is 1.73. The summed E-state index contributed by atoms with van der Waals surface area (Å²) in [5.41, 5.74) is 9.68. The minimum Gasteiger partial charge on any atom is -0.369 e. The van der Waals surface area contributed by atoms with Crippen molar-refractivity contribution in [1.82, 2.24) is 4.90 Å². The quantitative estimate of drug-likeness (QED) is 0.363. The molecule has 0 aromatic heterocycles. The van der Waals surface area contributed by atoms with Crippen LogP contribution in [0.2, 0.25) is 0 Å². The molecule has 2 heteroatoms. The lowest BCUT2D eigenvalue weighted by molar-refractivity contribution is 0.0449. The van der Waals surface area contributed by atoms with Gasteiger partial charge in [0.15, 0.2) is 0 Å². The van der Waals surface area contributed by atoms with E-state index < -0.39 is 0 Å². The van der Waals surface area contributed by atoms with E-state index in [9.17, 15) is 0 Å². The van der Waals surface area contributed by atoms with Gasteiger partial charge in [-0.2, -0.15) is 0 Å². The molecule has 186 valence electrons. The summed E-state index contributed by atoms with van der Waals surface area (Å²) >= 11 is 0. The lowest BCUT2D eigenvalue weighted by Gasteiger charge is -2.40. The monoisotopic (exact) mass is 469 g/mol. The summed E-state index contributed by atoms with van der Waals surface area (Å²) < 4.78 is 6.98. The molecule has 0 N–H and O–H groups in total. The molecule has 0 saturated carbocycles. The number of hydrogen-bond acceptors (Lipinski definition) is 2. The van der Waals surface area contributed by atoms with Gasteiger partial charge < -0.3 is 9.64 Å². The predicted octanol–water partition coefficient (Wildman–Crippen LogP) is 8.21. The Kier molecular flexibility index (Phi) is 6.70. The molecule has 2 nitrogen and oxygen atoms in total. The lowest BCUT2D eigenvalue weighted by Crippen LogP contribution is -2.42. The van der Waals surface area contributed by atoms with Crippen molar-refractivity contribution >= 4 is 0 Å². The first kappa shape index (κ1) is 24.4. The van der Waals surface area contributed by atoms with Crippen LogP contribution < -0.4 is 0 Å². The van der Waals surface area contributed by atoms with Crippen molar-refractivity contribution in [3.63, 3.8) is 0 Å². The van der Waals surface area contributed by atoms with Crippen molar-refractivity contribution in [2.24, 2.45) is 23.7 Å². The van der Waals surface area contributed by atoms with E-state index in [2.05, 4.69) is 88.6 Å². The molecule has 5 unspecified atom stereocenters. The topological polar surface area (TPSA) is 12.5 Å². The molecule has 2 aliphatic heterocycles. The van der Waals surface area contributed by atoms with E-state index in [1.54, 1.807) is 5.57 Å². The highest BCUT2D eigenvalue weighted by atomic mass is 16.5. The van der Waals surface area contributed by atoms with Gasteiger partial charge in [-0.05, 0) is 66.9 Å². The maximum atomic E-state index is 6.98. The summed E-state index contributed by atoms with van der Waals surface area (Å²) in [7, 11) is 0. The minimum atomic E-state index is 0.133. The van der Waals surface area contributed by atoms with E-state index in [-0.39, 0.29) is 18.2 Å². The molecule has 2 heterocycles. The molecule has 0 bridgehead atoms. The van der Waals surface area contributed by atoms with Crippen LogP contribution in [0.1, 0.15) is 66.7 Å². The zero-order valence-corrected chi connectivity index (χ0v) is 22.4. The molecule has 0 radical (unpaired) electrons. The van der Waals surface area contributed by atoms with Gasteiger partial charge in [-0.3, -0.25) is 0 Å². The first-order valence-corrected chi connectivity index (χ1v) is 13.8. The maximum Gasteiger partial charge on any atom is 0.0884 e. The number of hydrogen-bond donors (Lipinski definition) is 0. The van der Waals surface area contributed by atoms with Gasteiger partial charge in [0.05, 0.1) is 18.2 Å². The second-order valence-corrected chi connectivity index (χ2v) is 11.4. The van der Waals surface area contributed by atoms with Crippen LogP contribution in [0.25, 0.3) is 0 Å². The molecule has 0 spiro atoms. The van der Waals surface area contributed by atoms with Crippen molar-refractivity contribution in [2.45, 2.75) is 85.0 Å². The summed E-state index contributed by atoms with van der Waals surface area (Å²) in [6.45, 7) is 20.4. The molecule has 0 amide bonds. The largest absolute Gasteiger partial charge is 0.369 e. The van der Waals surface area contributed by atoms with Crippen molar-refractivity contribution < 1.29 is 4.74 Å². The highest BCUT2D eigenvalue weighted by Gasteiger charge is 2.51. The second kappa shape index (κ2) is 9.62. The van der Waals surface area contributed by atoms with Gasteiger partial charge in [-0.25, -0.2) is 0 Å². The normalized spacial score (nSPS) is 34.2. The van der Waals surface area contributed by atoms with Gasteiger partial charge in [-0.15, -0.1) is 0 Å². The van der Waals surface area contributed by atoms with Crippen LogP contribution in [0.5, 0.6) is 0 Å². The lowest BCUT2D eigenvalue weighted by atomic mass is 9.73. The molecule has 1 fully saturated rings. The van der Waals surface area contributed by atoms with Gasteiger partial charge in [0.2, 0.25) is 0 Å². The number of ether oxygens (including phenoxy) is 1. The van der Waals surface area contributed by atoms with Crippen LogP contribution in [-0.2, 0) is 4.74 Å². The number of fused-ring (bicyclic) bond motifs is 3. The fraction of sp³-hybridized carbons (Fsp3) is 0.515. The summed E-state index contributed by atoms with van der Waals surface area (Å²) in [4.78, 5) is 2.60. The Bertz CT molecular complexity index is 1090. The average Bonchev–Trinajstić information content (AvgIpc) is 3.34. The molecule has 6 atom stereocenters. The predicted molar refractivity (Wildman–Crippen MR) is 148 cm³/mol. The van der Waals surface area contributed by atoms with E-state index in [4.69, 9.17) is 11.3 Å². The Morgan fingerprint density at radius 2 is 1.97 bits per heavy atom. The Hall–Kier alpha value is -2.32. The Balaban J connectivity index is 1.62. The zero-order valence-electron chi connectivity index (χ0n) is 22.4. The van der Waals surface area contributed by atoms with E-state index >= 15 is 0 Å². The first-order chi connectivity index (χ1) is 16.9. The molecule has 1 saturated heterocycles. The van der Waals surface area contributed by atoms with E-state index in [1.165, 1.54) is 28.0 Å². The van der Waals surface area contributed by atoms with Crippen molar-refractivity contribution in [3.8, 4) is 0 Å². The van der Waals surface area contributed by atoms with Gasteiger partial charge in [-0.1, -0.05) is 89.3 Å². The molecule has 5 rings (SSSR count). The second-order valence-electron chi connectivity index (χ2n) is 11.4. The van der Waals surface area contributed by atoms with Crippen LogP contribution in [-0.4, -0.2) is 23.1 Å². The van der Waals surface area contributed by atoms with Gasteiger partial charge in [0.25, 0.3) is 0 Å². The molecule has 35 heavy (non-hydrogen) atoms. The van der Waals surface area contributed by atoms with Crippen LogP contribution in [0, 0.1) is 23.7 Å². The van der Waals surface area contributed by atoms with Gasteiger partial charge >= 0.3 is 0 Å². The molecule has 0 aromatic carbocycles. The fourth-order valence-electron chi connectivity index (χ4n) is 7.32. The van der Waals surface area contributed by atoms with Crippen molar-refractivity contribution in [3.05, 3.63) is 94.9 Å². The van der Waals surface area contributed by atoms with Crippen molar-refractivity contribution in [2.75, 3.05) is 0 Å². The SMILES string of the molecule is C=C1C=CC2C(C1)OC1C(C3[C@@H](C)C4=C(C=CCC4)N3C(=C)/C(=C\C)C(C)C)=C(CCC)C=CC12. The number of allylic oxidation sites excluding steroid dienone is 7. The third kappa shape index (κ3) is 3.99. The van der Waals surface area contributed by atoms with E-state index in [0.29, 0.717) is 23.7 Å². The number of rotatable bonds is 6. The van der Waals surface area contributed by atoms with E-state index in [0.717, 1.165) is 37.8 Å². The third-order valence-corrected chi connectivity index (χ3v) is 8.90. The molecular weight excluding hydrogens is 426 g/mol. The Morgan fingerprint density at radius 3 is 2.69 bits per heavy atom. The summed E-state index contributed by atoms with van der Waals surface area (Å²) in [6.07, 6.45) is 22.3. The highest BCUT2D eigenvalue weighted by Crippen LogP contribution is 2.53. The van der Waals surface area contributed by atoms with Crippen LogP contribution in [0.4, 0.5) is 0 Å². The maximum absolute atomic E-state index is 6.98. The van der Waals surface area contributed by atoms with Gasteiger partial charge in [0.1, 0.15) is 0 Å². The average molecular weight is 470 g/mol. The van der Waals surface area contributed by atoms with Crippen LogP contribution >= 0.6 is 0 Å². The van der Waals surface area contributed by atoms with Gasteiger partial charge in [0, 0.05) is 29.1 Å². The fourth-order valence-corrected chi connectivity index (χ4v) is 7.32. The van der Waals surface area contributed by atoms with Crippen LogP contribution in [0.15, 0.2) is 94.9 Å². The third-order valence-electron chi connectivity index (χ3n) is 8.90. The number of nitrogens with zero attached hydrogens (tertiary/aromatic N) is 1. The molecule has 5 aliphatic rings. The molecule has 0 aromatic rings. The smallest absolute Gasteiger partial charge is 0.0884 e. The van der Waals surface area contributed by atoms with Crippen molar-refractivity contribution in [1.29, 1.82) is 0 Å². The highest BCUT2D eigenvalue weighted by molar-refractivity contribution is 5.51.